The van der Waals surface area contributed by atoms with Crippen LogP contribution >= 0.6 is 12.2 Å². The van der Waals surface area contributed by atoms with Crippen LogP contribution in [0.4, 0.5) is 0 Å². The number of ether oxygens (including phenoxy) is 1. The fourth-order valence-electron chi connectivity index (χ4n) is 5.62. The summed E-state index contributed by atoms with van der Waals surface area (Å²) in [5.74, 6) is 0.167. The Morgan fingerprint density at radius 2 is 0.756 bits per heavy atom. The molecule has 0 bridgehead atoms. The maximum atomic E-state index is 9.44. The van der Waals surface area contributed by atoms with Crippen LogP contribution in [0.5, 0.6) is 0 Å². The maximum absolute atomic E-state index is 9.44. The van der Waals surface area contributed by atoms with Gasteiger partial charge in [-0.1, -0.05) is 363 Å². The third-order valence-electron chi connectivity index (χ3n) is 9.73. The maximum Gasteiger partial charge on any atom is 0.126 e. The zero-order valence-electron chi connectivity index (χ0n) is 57.9. The van der Waals surface area contributed by atoms with Gasteiger partial charge >= 0.3 is 0 Å². The Kier molecular flexibility index (Phi) is 72.3. The minimum absolute atomic E-state index is 0.0858. The van der Waals surface area contributed by atoms with Crippen molar-refractivity contribution in [3.63, 3.8) is 0 Å². The van der Waals surface area contributed by atoms with Crippen LogP contribution < -0.4 is 10.4 Å². The Bertz CT molecular complexity index is 1560. The van der Waals surface area contributed by atoms with Gasteiger partial charge in [-0.3, -0.25) is 0 Å². The summed E-state index contributed by atoms with van der Waals surface area (Å²) in [4.78, 5) is 10.4. The van der Waals surface area contributed by atoms with Crippen molar-refractivity contribution in [2.45, 2.75) is 267 Å². The normalized spacial score (nSPS) is 11.5. The summed E-state index contributed by atoms with van der Waals surface area (Å²) in [6, 6.07) is 42.9. The van der Waals surface area contributed by atoms with Gasteiger partial charge in [-0.15, -0.1) is 0 Å². The number of allylic oxidation sites excluding steroid dienone is 2. The van der Waals surface area contributed by atoms with Crippen molar-refractivity contribution in [3.05, 3.63) is 145 Å². The Hall–Kier alpha value is -3.01. The third-order valence-corrected chi connectivity index (χ3v) is 13.3. The van der Waals surface area contributed by atoms with Crippen molar-refractivity contribution in [2.24, 2.45) is 10.8 Å². The van der Waals surface area contributed by atoms with E-state index in [1.54, 1.807) is 14.2 Å². The average molecular weight is 1150 g/mol. The van der Waals surface area contributed by atoms with Crippen molar-refractivity contribution in [1.82, 2.24) is 0 Å². The fourth-order valence-corrected chi connectivity index (χ4v) is 8.00. The third kappa shape index (κ3) is 84.3. The van der Waals surface area contributed by atoms with Crippen LogP contribution in [-0.4, -0.2) is 50.5 Å². The van der Waals surface area contributed by atoms with E-state index in [1.807, 2.05) is 39.8 Å². The summed E-state index contributed by atoms with van der Waals surface area (Å²) in [5.41, 5.74) is 3.98. The summed E-state index contributed by atoms with van der Waals surface area (Å²) in [6.45, 7) is 60.6. The molecule has 4 aromatic carbocycles. The van der Waals surface area contributed by atoms with Crippen LogP contribution in [0.2, 0.25) is 52.4 Å². The van der Waals surface area contributed by atoms with E-state index in [9.17, 15) is 4.79 Å². The highest BCUT2D eigenvalue weighted by Crippen LogP contribution is 2.34. The lowest BCUT2D eigenvalue weighted by atomic mass is 9.78. The second-order valence-electron chi connectivity index (χ2n) is 25.1. The lowest BCUT2D eigenvalue weighted by Crippen LogP contribution is -2.52. The molecule has 5 rings (SSSR count). The van der Waals surface area contributed by atoms with Crippen molar-refractivity contribution < 1.29 is 9.53 Å². The van der Waals surface area contributed by atoms with E-state index in [2.05, 4.69) is 288 Å². The predicted molar refractivity (Wildman–Crippen MR) is 382 cm³/mol. The SMILES string of the molecule is C/C=C\C.CC(C)(C)C.CC(C)(c1ccccc1)c1ccccc1.CC(C)=O.CC(C)=S.CC1(C)CCCCC1.CCC.CCCC.CCCCC.COC.C[SiH2]C.C[Si](C)(C)C.C[Si](C)(c1ccccc1)c1ccccc1. The molecule has 6 heteroatoms. The number of Topliss-reactive ketones (excluding diaryl/α,β-unsaturated/α-hetero) is 1. The smallest absolute Gasteiger partial charge is 0.126 e. The number of methoxy groups -OCH3 is 1. The number of rotatable bonds is 7. The first-order chi connectivity index (χ1) is 36.1. The van der Waals surface area contributed by atoms with Gasteiger partial charge in [0.25, 0.3) is 0 Å². The molecule has 0 saturated heterocycles. The van der Waals surface area contributed by atoms with Gasteiger partial charge in [0, 0.05) is 37.2 Å². The summed E-state index contributed by atoms with van der Waals surface area (Å²) >= 11 is 4.54. The number of ketones is 1. The highest BCUT2D eigenvalue weighted by molar-refractivity contribution is 7.80. The van der Waals surface area contributed by atoms with Crippen LogP contribution in [0.1, 0.15) is 220 Å². The van der Waals surface area contributed by atoms with Crippen LogP contribution in [-0.2, 0) is 14.9 Å². The van der Waals surface area contributed by atoms with E-state index in [0.29, 0.717) is 20.3 Å². The van der Waals surface area contributed by atoms with Crippen LogP contribution in [0.25, 0.3) is 0 Å². The number of unbranched alkanes of at least 4 members (excludes halogenated alkanes) is 3. The summed E-state index contributed by atoms with van der Waals surface area (Å²) in [5, 5.41) is 2.99. The van der Waals surface area contributed by atoms with E-state index in [0.717, 1.165) is 4.86 Å². The quantitative estimate of drug-likeness (QED) is 0.105. The van der Waals surface area contributed by atoms with Crippen LogP contribution in [0, 0.1) is 10.8 Å². The number of hydrogen-bond acceptors (Lipinski definition) is 3. The van der Waals surface area contributed by atoms with E-state index in [4.69, 9.17) is 0 Å². The second-order valence-corrected chi connectivity index (χ2v) is 37.7. The minimum atomic E-state index is -1.46. The molecule has 0 unspecified atom stereocenters. The zero-order valence-corrected chi connectivity index (χ0v) is 62.1. The molecule has 0 amide bonds. The van der Waals surface area contributed by atoms with Gasteiger partial charge in [-0.2, -0.15) is 0 Å². The summed E-state index contributed by atoms with van der Waals surface area (Å²) < 4.78 is 4.25. The Morgan fingerprint density at radius 1 is 0.551 bits per heavy atom. The molecule has 1 aliphatic rings. The highest BCUT2D eigenvalue weighted by Gasteiger charge is 2.25. The lowest BCUT2D eigenvalue weighted by molar-refractivity contribution is -0.115. The molecule has 4 aromatic rings. The average Bonchev–Trinajstić information content (AvgIpc) is 3.35. The van der Waals surface area contributed by atoms with E-state index < -0.39 is 16.1 Å². The molecule has 0 heterocycles. The van der Waals surface area contributed by atoms with Gasteiger partial charge in [0.2, 0.25) is 0 Å². The van der Waals surface area contributed by atoms with Gasteiger partial charge in [0.05, 0.1) is 0 Å². The predicted octanol–water partition coefficient (Wildman–Crippen LogP) is 23.0. The summed E-state index contributed by atoms with van der Waals surface area (Å²) in [7, 11) is 1.60. The Labute approximate surface area is 501 Å². The molecule has 2 nitrogen and oxygen atoms in total. The molecule has 0 spiro atoms. The number of benzene rings is 4. The first kappa shape index (κ1) is 91.5. The Balaban J connectivity index is -0.000000120. The molecule has 1 aliphatic carbocycles. The Morgan fingerprint density at radius 3 is 0.897 bits per heavy atom. The number of carbonyl (C=O) groups excluding carboxylic acids is 1. The molecule has 454 valence electrons. The van der Waals surface area contributed by atoms with E-state index in [-0.39, 0.29) is 11.2 Å². The van der Waals surface area contributed by atoms with Gasteiger partial charge < -0.3 is 9.53 Å². The van der Waals surface area contributed by atoms with E-state index in [1.165, 1.54) is 106 Å². The second kappa shape index (κ2) is 61.6. The lowest BCUT2D eigenvalue weighted by Gasteiger charge is -2.28. The van der Waals surface area contributed by atoms with Crippen molar-refractivity contribution in [2.75, 3.05) is 14.2 Å². The largest absolute Gasteiger partial charge is 0.388 e. The molecule has 0 atom stereocenters. The van der Waals surface area contributed by atoms with Crippen molar-refractivity contribution in [3.8, 4) is 0 Å². The van der Waals surface area contributed by atoms with Gasteiger partial charge in [0.1, 0.15) is 13.9 Å². The molecule has 78 heavy (non-hydrogen) atoms. The minimum Gasteiger partial charge on any atom is -0.388 e. The zero-order chi connectivity index (χ0) is 62.7. The number of carbonyl (C=O) groups is 1. The molecule has 0 aromatic heterocycles. The van der Waals surface area contributed by atoms with Gasteiger partial charge in [-0.25, -0.2) is 0 Å². The molecule has 1 fully saturated rings. The molecule has 0 N–H and O–H groups in total. The fraction of sp³-hybridized carbons (Fsp3) is 0.611. The van der Waals surface area contributed by atoms with E-state index >= 15 is 0 Å². The first-order valence-corrected chi connectivity index (χ1v) is 40.5. The van der Waals surface area contributed by atoms with Crippen LogP contribution in [0.15, 0.2) is 133 Å². The van der Waals surface area contributed by atoms with Crippen molar-refractivity contribution >= 4 is 58.9 Å². The monoisotopic (exact) mass is 1150 g/mol. The standard InChI is InChI=1S/C15H16.C14H16Si.C8H16.2C5H12.C4H12Si.C4H10.C4H8.C3H6O.C3H6S.C3H8.C2H6O.C2H8Si/c2*1-15(2,13-9-5-3-6-10-13)14-11-7-4-8-12-14;1-8(2)6-4-3-5-7-8;1-5(2,3)4;1-3-5-4-2;1-5(2,3)4;2*1-3-4-2;2*1-3(2)4;3*1-3-2/h2*3-12H,1-2H3;3-7H2,1-2H3;1-4H3;3-5H2,1-2H3;1-4H3;3-4H2,1-2H3;3-4H,1-2H3;2*1-2H3;3H2,1-2H3;1-2H3;3H2,1-2H3/b;;;;;;;4-3-;;;;;. The number of thiocarbonyl (C=S) groups is 1. The number of hydrogen-bond donors (Lipinski definition) is 0. The van der Waals surface area contributed by atoms with Crippen LogP contribution in [0.3, 0.4) is 0 Å². The molecule has 0 aliphatic heterocycles. The van der Waals surface area contributed by atoms with Gasteiger partial charge in [-0.05, 0) is 81.2 Å². The summed E-state index contributed by atoms with van der Waals surface area (Å²) in [6.07, 6.45) is 19.3. The first-order valence-electron chi connectivity index (χ1n) is 30.2. The highest BCUT2D eigenvalue weighted by atomic mass is 32.1. The van der Waals surface area contributed by atoms with Gasteiger partial charge in [0.15, 0.2) is 0 Å². The molecule has 1 saturated carbocycles. The van der Waals surface area contributed by atoms with Crippen molar-refractivity contribution in [1.29, 1.82) is 0 Å². The topological polar surface area (TPSA) is 26.3 Å². The molecular formula is C72H136O2SSi3. The molecule has 0 radical (unpaired) electrons. The molecular weight excluding hydrogens is 1010 g/mol.